The summed E-state index contributed by atoms with van der Waals surface area (Å²) in [7, 11) is 6.17. The molecule has 7 heteroatoms. The van der Waals surface area contributed by atoms with Crippen molar-refractivity contribution in [1.82, 2.24) is 29.4 Å². The summed E-state index contributed by atoms with van der Waals surface area (Å²) in [6.07, 6.45) is 9.46. The van der Waals surface area contributed by atoms with E-state index < -0.39 is 0 Å². The van der Waals surface area contributed by atoms with Crippen LogP contribution in [0.25, 0.3) is 0 Å². The topological polar surface area (TPSA) is 42.1 Å². The van der Waals surface area contributed by atoms with Gasteiger partial charge in [-0.1, -0.05) is 12.1 Å². The largest absolute Gasteiger partial charge is 0.299 e. The lowest BCUT2D eigenvalue weighted by molar-refractivity contribution is 0.0953. The molecule has 1 aromatic carbocycles. The molecule has 1 fully saturated rings. The third kappa shape index (κ3) is 5.64. The zero-order chi connectivity index (χ0) is 22.7. The predicted octanol–water partition coefficient (Wildman–Crippen LogP) is 3.56. The zero-order valence-electron chi connectivity index (χ0n) is 19.7. The van der Waals surface area contributed by atoms with E-state index in [4.69, 9.17) is 0 Å². The second-order valence-corrected chi connectivity index (χ2v) is 9.36. The zero-order valence-corrected chi connectivity index (χ0v) is 19.7. The molecule has 0 aliphatic carbocycles. The van der Waals surface area contributed by atoms with Crippen LogP contribution in [0.5, 0.6) is 0 Å². The molecule has 2 aromatic heterocycles. The fourth-order valence-electron chi connectivity index (χ4n) is 5.04. The fraction of sp³-hybridized carbons (Fsp3) is 0.520. The van der Waals surface area contributed by atoms with Crippen molar-refractivity contribution in [2.45, 2.75) is 45.3 Å². The molecular weight excluding hydrogens is 403 g/mol. The van der Waals surface area contributed by atoms with Crippen LogP contribution in [0, 0.1) is 18.7 Å². The van der Waals surface area contributed by atoms with E-state index in [1.807, 2.05) is 41.8 Å². The number of benzene rings is 1. The summed E-state index contributed by atoms with van der Waals surface area (Å²) in [5, 5.41) is 8.82. The Morgan fingerprint density at radius 2 is 1.78 bits per heavy atom. The SMILES string of the molecule is Cc1nn(C)cc1CN(C)C(Cc1ccc(F)cc1)C1CCN(Cc2cnn(C)c2)CC1. The lowest BCUT2D eigenvalue weighted by Crippen LogP contribution is -2.45. The van der Waals surface area contributed by atoms with Crippen LogP contribution in [0.3, 0.4) is 0 Å². The summed E-state index contributed by atoms with van der Waals surface area (Å²) in [5.41, 5.74) is 4.83. The molecular formula is C25H35FN6. The van der Waals surface area contributed by atoms with E-state index in [2.05, 4.69) is 46.4 Å². The van der Waals surface area contributed by atoms with Gasteiger partial charge in [-0.05, 0) is 69.9 Å². The molecule has 0 spiro atoms. The van der Waals surface area contributed by atoms with Crippen molar-refractivity contribution in [3.05, 3.63) is 71.1 Å². The standard InChI is InChI=1S/C25H35FN6/c1-19-23(18-31(4)28-19)17-29(2)25(13-20-5-7-24(26)8-6-20)22-9-11-32(12-10-22)16-21-14-27-30(3)15-21/h5-8,14-15,18,22,25H,9-13,16-17H2,1-4H3. The molecule has 0 bridgehead atoms. The Morgan fingerprint density at radius 3 is 2.38 bits per heavy atom. The molecule has 4 rings (SSSR count). The van der Waals surface area contributed by atoms with E-state index in [-0.39, 0.29) is 5.82 Å². The summed E-state index contributed by atoms with van der Waals surface area (Å²) >= 11 is 0. The molecule has 172 valence electrons. The molecule has 0 radical (unpaired) electrons. The van der Waals surface area contributed by atoms with Crippen molar-refractivity contribution in [2.75, 3.05) is 20.1 Å². The van der Waals surface area contributed by atoms with Gasteiger partial charge in [0.25, 0.3) is 0 Å². The summed E-state index contributed by atoms with van der Waals surface area (Å²) in [6, 6.07) is 7.43. The highest BCUT2D eigenvalue weighted by atomic mass is 19.1. The average molecular weight is 439 g/mol. The number of likely N-dealkylation sites (N-methyl/N-ethyl adjacent to an activating group) is 1. The number of hydrogen-bond donors (Lipinski definition) is 0. The van der Waals surface area contributed by atoms with E-state index in [9.17, 15) is 4.39 Å². The van der Waals surface area contributed by atoms with Gasteiger partial charge < -0.3 is 0 Å². The molecule has 1 atom stereocenters. The third-order valence-electron chi connectivity index (χ3n) is 6.80. The molecule has 0 N–H and O–H groups in total. The van der Waals surface area contributed by atoms with Crippen LogP contribution in [0.4, 0.5) is 4.39 Å². The number of halogens is 1. The molecule has 32 heavy (non-hydrogen) atoms. The Hall–Kier alpha value is -2.51. The van der Waals surface area contributed by atoms with E-state index >= 15 is 0 Å². The number of piperidine rings is 1. The smallest absolute Gasteiger partial charge is 0.123 e. The molecule has 1 saturated heterocycles. The van der Waals surface area contributed by atoms with Crippen molar-refractivity contribution >= 4 is 0 Å². The highest BCUT2D eigenvalue weighted by Crippen LogP contribution is 2.28. The van der Waals surface area contributed by atoms with E-state index in [0.717, 1.165) is 38.3 Å². The Labute approximate surface area is 190 Å². The minimum Gasteiger partial charge on any atom is -0.299 e. The van der Waals surface area contributed by atoms with E-state index in [0.29, 0.717) is 12.0 Å². The molecule has 0 amide bonds. The van der Waals surface area contributed by atoms with Gasteiger partial charge in [0.1, 0.15) is 5.82 Å². The molecule has 1 aliphatic heterocycles. The van der Waals surface area contributed by atoms with Crippen LogP contribution in [0.1, 0.15) is 35.2 Å². The summed E-state index contributed by atoms with van der Waals surface area (Å²) < 4.78 is 17.2. The number of hydrogen-bond acceptors (Lipinski definition) is 4. The monoisotopic (exact) mass is 438 g/mol. The Morgan fingerprint density at radius 1 is 1.06 bits per heavy atom. The predicted molar refractivity (Wildman–Crippen MR) is 125 cm³/mol. The molecule has 1 unspecified atom stereocenters. The Kier molecular flexibility index (Phi) is 7.06. The maximum absolute atomic E-state index is 13.5. The average Bonchev–Trinajstić information content (AvgIpc) is 3.31. The Bertz CT molecular complexity index is 1000. The number of rotatable bonds is 8. The maximum atomic E-state index is 13.5. The van der Waals surface area contributed by atoms with Crippen molar-refractivity contribution in [1.29, 1.82) is 0 Å². The summed E-state index contributed by atoms with van der Waals surface area (Å²) in [5.74, 6) is 0.431. The molecule has 6 nitrogen and oxygen atoms in total. The quantitative estimate of drug-likeness (QED) is 0.539. The second kappa shape index (κ2) is 9.96. The minimum atomic E-state index is -0.173. The first kappa shape index (κ1) is 22.7. The summed E-state index contributed by atoms with van der Waals surface area (Å²) in [4.78, 5) is 5.02. The first-order valence-corrected chi connectivity index (χ1v) is 11.5. The van der Waals surface area contributed by atoms with Gasteiger partial charge in [-0.15, -0.1) is 0 Å². The number of aryl methyl sites for hydroxylation is 3. The van der Waals surface area contributed by atoms with Crippen LogP contribution in [-0.2, 0) is 33.6 Å². The number of likely N-dealkylation sites (tertiary alicyclic amines) is 1. The first-order valence-electron chi connectivity index (χ1n) is 11.5. The van der Waals surface area contributed by atoms with Crippen molar-refractivity contribution < 1.29 is 4.39 Å². The fourth-order valence-corrected chi connectivity index (χ4v) is 5.04. The highest BCUT2D eigenvalue weighted by molar-refractivity contribution is 5.19. The number of nitrogens with zero attached hydrogens (tertiary/aromatic N) is 6. The minimum absolute atomic E-state index is 0.173. The number of aromatic nitrogens is 4. The van der Waals surface area contributed by atoms with Crippen LogP contribution in [0.2, 0.25) is 0 Å². The van der Waals surface area contributed by atoms with Crippen LogP contribution in [0.15, 0.2) is 42.9 Å². The molecule has 3 aromatic rings. The molecule has 3 heterocycles. The molecule has 1 aliphatic rings. The van der Waals surface area contributed by atoms with Crippen LogP contribution in [-0.4, -0.2) is 55.5 Å². The lowest BCUT2D eigenvalue weighted by atomic mass is 9.84. The van der Waals surface area contributed by atoms with Gasteiger partial charge >= 0.3 is 0 Å². The lowest BCUT2D eigenvalue weighted by Gasteiger charge is -2.40. The van der Waals surface area contributed by atoms with Crippen molar-refractivity contribution in [3.8, 4) is 0 Å². The van der Waals surface area contributed by atoms with Gasteiger partial charge in [0.15, 0.2) is 0 Å². The maximum Gasteiger partial charge on any atom is 0.123 e. The van der Waals surface area contributed by atoms with Crippen LogP contribution >= 0.6 is 0 Å². The van der Waals surface area contributed by atoms with E-state index in [1.165, 1.54) is 29.5 Å². The molecule has 0 saturated carbocycles. The van der Waals surface area contributed by atoms with Crippen molar-refractivity contribution in [3.63, 3.8) is 0 Å². The van der Waals surface area contributed by atoms with Gasteiger partial charge in [0.2, 0.25) is 0 Å². The second-order valence-electron chi connectivity index (χ2n) is 9.36. The van der Waals surface area contributed by atoms with Gasteiger partial charge in [0, 0.05) is 56.7 Å². The third-order valence-corrected chi connectivity index (χ3v) is 6.80. The van der Waals surface area contributed by atoms with Crippen molar-refractivity contribution in [2.24, 2.45) is 20.0 Å². The Balaban J connectivity index is 1.44. The van der Waals surface area contributed by atoms with Gasteiger partial charge in [0.05, 0.1) is 11.9 Å². The first-order chi connectivity index (χ1) is 15.4. The van der Waals surface area contributed by atoms with E-state index in [1.54, 1.807) is 12.1 Å². The van der Waals surface area contributed by atoms with Gasteiger partial charge in [-0.2, -0.15) is 10.2 Å². The normalized spacial score (nSPS) is 16.7. The van der Waals surface area contributed by atoms with Gasteiger partial charge in [-0.25, -0.2) is 4.39 Å². The van der Waals surface area contributed by atoms with Crippen LogP contribution < -0.4 is 0 Å². The highest BCUT2D eigenvalue weighted by Gasteiger charge is 2.30. The summed E-state index contributed by atoms with van der Waals surface area (Å²) in [6.45, 7) is 6.11. The van der Waals surface area contributed by atoms with Gasteiger partial charge in [-0.3, -0.25) is 19.2 Å².